The molecular formula is C65H86F3N11O7. The number of piperazine rings is 1. The number of anilines is 1. The lowest BCUT2D eigenvalue weighted by Gasteiger charge is -2.55. The number of rotatable bonds is 13. The molecule has 5 saturated heterocycles. The van der Waals surface area contributed by atoms with Gasteiger partial charge in [-0.15, -0.1) is 0 Å². The van der Waals surface area contributed by atoms with Gasteiger partial charge < -0.3 is 34.1 Å². The molecule has 18 nitrogen and oxygen atoms in total. The number of benzene rings is 2. The number of ether oxygens (including phenoxy) is 2. The van der Waals surface area contributed by atoms with Gasteiger partial charge in [-0.2, -0.15) is 13.2 Å². The maximum absolute atomic E-state index is 15.2. The van der Waals surface area contributed by atoms with Crippen LogP contribution in [0.3, 0.4) is 0 Å². The highest BCUT2D eigenvalue weighted by atomic mass is 19.4. The maximum Gasteiger partial charge on any atom is 0.406 e. The van der Waals surface area contributed by atoms with Gasteiger partial charge in [-0.1, -0.05) is 71.9 Å². The van der Waals surface area contributed by atoms with Crippen molar-refractivity contribution in [1.82, 2.24) is 49.8 Å². The summed E-state index contributed by atoms with van der Waals surface area (Å²) in [6, 6.07) is 13.1. The van der Waals surface area contributed by atoms with Gasteiger partial charge in [0.2, 0.25) is 17.7 Å². The fourth-order valence-corrected chi connectivity index (χ4v) is 14.5. The van der Waals surface area contributed by atoms with E-state index in [0.717, 1.165) is 61.4 Å². The molecule has 12 rings (SSSR count). The number of hydrogen-bond acceptors (Lipinski definition) is 13. The molecule has 464 valence electrons. The van der Waals surface area contributed by atoms with Gasteiger partial charge in [0.1, 0.15) is 30.3 Å². The number of amides is 4. The van der Waals surface area contributed by atoms with E-state index in [1.165, 1.54) is 22.4 Å². The molecule has 6 aliphatic heterocycles. The lowest BCUT2D eigenvalue weighted by atomic mass is 9.83. The maximum atomic E-state index is 15.2. The van der Waals surface area contributed by atoms with Crippen LogP contribution in [0.5, 0.6) is 0 Å². The zero-order chi connectivity index (χ0) is 60.7. The van der Waals surface area contributed by atoms with Crippen molar-refractivity contribution in [3.63, 3.8) is 0 Å². The van der Waals surface area contributed by atoms with E-state index in [2.05, 4.69) is 25.4 Å². The van der Waals surface area contributed by atoms with Crippen LogP contribution >= 0.6 is 0 Å². The van der Waals surface area contributed by atoms with Gasteiger partial charge in [-0.05, 0) is 103 Å². The van der Waals surface area contributed by atoms with Gasteiger partial charge in [-0.3, -0.25) is 48.7 Å². The Morgan fingerprint density at radius 3 is 2.33 bits per heavy atom. The number of carbonyl (C=O) groups excluding carboxylic acids is 5. The van der Waals surface area contributed by atoms with E-state index in [1.54, 1.807) is 25.1 Å². The minimum Gasteiger partial charge on any atom is -0.464 e. The Morgan fingerprint density at radius 2 is 1.64 bits per heavy atom. The number of pyridine rings is 1. The number of carbonyl (C=O) groups is 5. The quantitative estimate of drug-likeness (QED) is 0.110. The standard InChI is InChI=1S/C65H86F3N11O7/c1-39(2)54-48(30-46(32-69-54)74-23-21-73(22-24-74)45-17-18-45)57-49-31-63(5,6)38-85-62(84)50-13-10-20-79(71-50)60(82)51(28-41-11-9-12-43(27-41)44-16-19-52(47(49)29-44)78(57)37-65(66,67)68)70-59(81)55(40(3)4)75-25-26-86-64(34-75)35-76(36-64)61(83)58-56(42-14-15-42)77(58)33-53(80)72(7)8/h9,11-12,16,19,27,29-30,32,39-40,42,45,50-51,55-56,58,71H,10,13-15,17-18,20-26,28,31,33-38H2,1-8H3,(H,70,81)/t50-,51-,55-,56+,58+,77?/m0/s1. The van der Waals surface area contributed by atoms with Crippen LogP contribution in [0.4, 0.5) is 18.9 Å². The van der Waals surface area contributed by atoms with E-state index >= 15 is 22.8 Å². The number of aromatic nitrogens is 2. The molecule has 6 atom stereocenters. The van der Waals surface area contributed by atoms with Crippen molar-refractivity contribution < 1.29 is 46.6 Å². The molecule has 8 aliphatic rings. The minimum atomic E-state index is -4.58. The first-order valence-corrected chi connectivity index (χ1v) is 31.4. The van der Waals surface area contributed by atoms with Gasteiger partial charge in [0, 0.05) is 100 Å². The van der Waals surface area contributed by atoms with Gasteiger partial charge in [0.05, 0.1) is 62.2 Å². The van der Waals surface area contributed by atoms with E-state index in [4.69, 9.17) is 14.5 Å². The van der Waals surface area contributed by atoms with E-state index in [1.807, 2.05) is 100 Å². The lowest BCUT2D eigenvalue weighted by molar-refractivity contribution is -0.197. The van der Waals surface area contributed by atoms with Crippen molar-refractivity contribution in [2.24, 2.45) is 17.3 Å². The van der Waals surface area contributed by atoms with Gasteiger partial charge in [0.15, 0.2) is 0 Å². The number of cyclic esters (lactones) is 1. The second kappa shape index (κ2) is 23.4. The largest absolute Gasteiger partial charge is 0.464 e. The second-order valence-electron chi connectivity index (χ2n) is 27.6. The number of likely N-dealkylation sites (tertiary alicyclic amines) is 1. The first kappa shape index (κ1) is 60.2. The fourth-order valence-electron chi connectivity index (χ4n) is 14.5. The summed E-state index contributed by atoms with van der Waals surface area (Å²) in [6.07, 6.45) is 3.07. The zero-order valence-corrected chi connectivity index (χ0v) is 51.3. The summed E-state index contributed by atoms with van der Waals surface area (Å²) in [4.78, 5) is 88.6. The predicted molar refractivity (Wildman–Crippen MR) is 321 cm³/mol. The fraction of sp³-hybridized carbons (Fsp3) is 0.631. The molecule has 2 N–H and O–H groups in total. The summed E-state index contributed by atoms with van der Waals surface area (Å²) >= 11 is 0. The molecule has 2 aromatic carbocycles. The molecule has 1 unspecified atom stereocenters. The average Bonchev–Trinajstić information content (AvgIpc) is 1.56. The van der Waals surface area contributed by atoms with E-state index < -0.39 is 53.7 Å². The Kier molecular flexibility index (Phi) is 16.4. The average molecular weight is 1190 g/mol. The topological polar surface area (TPSA) is 168 Å². The third-order valence-corrected chi connectivity index (χ3v) is 19.3. The smallest absolute Gasteiger partial charge is 0.406 e. The van der Waals surface area contributed by atoms with Crippen LogP contribution in [-0.2, 0) is 52.8 Å². The number of fused-ring (bicyclic) bond motifs is 6. The molecule has 2 aliphatic carbocycles. The van der Waals surface area contributed by atoms with Crippen molar-refractivity contribution in [1.29, 1.82) is 0 Å². The van der Waals surface area contributed by atoms with Crippen LogP contribution in [0.2, 0.25) is 0 Å². The van der Waals surface area contributed by atoms with Crippen LogP contribution < -0.4 is 15.6 Å². The van der Waals surface area contributed by atoms with Gasteiger partial charge >= 0.3 is 12.1 Å². The third kappa shape index (κ3) is 12.5. The first-order valence-electron chi connectivity index (χ1n) is 31.4. The van der Waals surface area contributed by atoms with Crippen molar-refractivity contribution in [2.75, 3.05) is 97.7 Å². The van der Waals surface area contributed by atoms with Crippen molar-refractivity contribution in [2.45, 2.75) is 153 Å². The molecule has 7 fully saturated rings. The highest BCUT2D eigenvalue weighted by Gasteiger charge is 2.63. The number of esters is 1. The highest BCUT2D eigenvalue weighted by molar-refractivity contribution is 5.96. The summed E-state index contributed by atoms with van der Waals surface area (Å²) < 4.78 is 59.7. The molecule has 2 saturated carbocycles. The first-order chi connectivity index (χ1) is 40.9. The van der Waals surface area contributed by atoms with E-state index in [9.17, 15) is 14.4 Å². The molecule has 4 aromatic rings. The van der Waals surface area contributed by atoms with Crippen molar-refractivity contribution in [3.8, 4) is 22.4 Å². The zero-order valence-electron chi connectivity index (χ0n) is 51.3. The molecule has 1 spiro atoms. The monoisotopic (exact) mass is 1190 g/mol. The molecule has 21 heteroatoms. The predicted octanol–water partition coefficient (Wildman–Crippen LogP) is 6.48. The van der Waals surface area contributed by atoms with Crippen LogP contribution in [-0.4, -0.2) is 209 Å². The molecule has 0 radical (unpaired) electrons. The Balaban J connectivity index is 0.857. The molecule has 2 aromatic heterocycles. The third-order valence-electron chi connectivity index (χ3n) is 19.3. The second-order valence-corrected chi connectivity index (χ2v) is 27.6. The lowest BCUT2D eigenvalue weighted by Crippen LogP contribution is -2.73. The Hall–Kier alpha value is -6.13. The number of hydrazine groups is 1. The van der Waals surface area contributed by atoms with Crippen molar-refractivity contribution in [3.05, 3.63) is 71.5 Å². The summed E-state index contributed by atoms with van der Waals surface area (Å²) in [5, 5.41) is 5.28. The number of alkyl halides is 3. The van der Waals surface area contributed by atoms with Crippen molar-refractivity contribution >= 4 is 46.2 Å². The van der Waals surface area contributed by atoms with Crippen LogP contribution in [0.25, 0.3) is 33.3 Å². The van der Waals surface area contributed by atoms with Crippen LogP contribution in [0, 0.1) is 17.3 Å². The minimum absolute atomic E-state index is 0.0134. The Labute approximate surface area is 503 Å². The number of morpholine rings is 1. The van der Waals surface area contributed by atoms with Gasteiger partial charge in [-0.25, -0.2) is 5.43 Å². The summed E-state index contributed by atoms with van der Waals surface area (Å²) in [5.41, 5.74) is 7.77. The Bertz CT molecular complexity index is 3250. The molecular weight excluding hydrogens is 1100 g/mol. The summed E-state index contributed by atoms with van der Waals surface area (Å²) in [6.45, 7) is 16.5. The van der Waals surface area contributed by atoms with Gasteiger partial charge in [0.25, 0.3) is 5.91 Å². The number of halogens is 3. The highest BCUT2D eigenvalue weighted by Crippen LogP contribution is 2.49. The number of nitrogens with one attached hydrogen (secondary N) is 2. The normalized spacial score (nSPS) is 25.9. The molecule has 6 bridgehead atoms. The molecule has 8 heterocycles. The summed E-state index contributed by atoms with van der Waals surface area (Å²) in [7, 11) is 3.45. The van der Waals surface area contributed by atoms with E-state index in [0.29, 0.717) is 91.0 Å². The number of nitrogens with zero attached hydrogens (tertiary/aromatic N) is 9. The SMILES string of the molecule is CC(C)c1ncc(N2CCN(C3CC3)CC2)cc1-c1c2c3cc(ccc3n1CC(F)(F)F)-c1cccc(c1)C[C@H](NC(=O)[C@H](C(C)C)N1CCOC3(CN(C(=O)[C@H]4[C@@H](C5CC5)N4CC(=O)N(C)C)C3)C1)C(=O)N1CCC[C@H](N1)C(=O)OCC(C)(C)C2. The van der Waals surface area contributed by atoms with Crippen LogP contribution in [0.15, 0.2) is 54.7 Å². The summed E-state index contributed by atoms with van der Waals surface area (Å²) in [5.74, 6) is -1.21. The molecule has 86 heavy (non-hydrogen) atoms. The molecule has 4 amide bonds. The number of hydrogen-bond donors (Lipinski definition) is 2. The van der Waals surface area contributed by atoms with E-state index in [-0.39, 0.29) is 74.2 Å². The number of likely N-dealkylation sites (N-methyl/N-ethyl adjacent to an activating group) is 1. The Morgan fingerprint density at radius 1 is 0.895 bits per heavy atom. The van der Waals surface area contributed by atoms with Crippen LogP contribution in [0.1, 0.15) is 103 Å².